The Morgan fingerprint density at radius 2 is 1.62 bits per heavy atom. The molecule has 0 fully saturated rings. The predicted octanol–water partition coefficient (Wildman–Crippen LogP) is 6.05. The van der Waals surface area contributed by atoms with E-state index >= 15 is 0 Å². The lowest BCUT2D eigenvalue weighted by Crippen LogP contribution is -2.23. The fourth-order valence-corrected chi connectivity index (χ4v) is 3.94. The Balaban J connectivity index is 0.00000205. The molecule has 0 saturated carbocycles. The number of aromatic nitrogens is 1. The molecule has 2 heterocycles. The van der Waals surface area contributed by atoms with Crippen molar-refractivity contribution < 1.29 is 4.74 Å². The van der Waals surface area contributed by atoms with Gasteiger partial charge < -0.3 is 9.64 Å². The smallest absolute Gasteiger partial charge is 0.128 e. The summed E-state index contributed by atoms with van der Waals surface area (Å²) in [5.74, 6) is 1.70. The first-order valence-electron chi connectivity index (χ1n) is 9.80. The topological polar surface area (TPSA) is 25.4 Å². The summed E-state index contributed by atoms with van der Waals surface area (Å²) in [5.41, 5.74) is 5.05. The standard InChI is InChI=1S/C25H22N2O.ClH/c1-3-7-19(8-4-1)13-15-27-16-14-20-18-26-24-12-11-22(17-23(24)25(20)27)28-21-9-5-2-6-10-21;/h1-12,17-18H,13-16H2;1H. The molecule has 0 aliphatic carbocycles. The van der Waals surface area contributed by atoms with Crippen LogP contribution in [-0.2, 0) is 12.8 Å². The summed E-state index contributed by atoms with van der Waals surface area (Å²) >= 11 is 0. The van der Waals surface area contributed by atoms with Gasteiger partial charge in [0.2, 0.25) is 0 Å². The van der Waals surface area contributed by atoms with Crippen LogP contribution in [-0.4, -0.2) is 18.1 Å². The molecule has 0 saturated heterocycles. The quantitative estimate of drug-likeness (QED) is 0.406. The first-order valence-corrected chi connectivity index (χ1v) is 9.80. The van der Waals surface area contributed by atoms with E-state index in [1.807, 2.05) is 42.6 Å². The molecule has 146 valence electrons. The highest BCUT2D eigenvalue weighted by Gasteiger charge is 2.22. The van der Waals surface area contributed by atoms with Gasteiger partial charge in [-0.1, -0.05) is 48.5 Å². The second-order valence-corrected chi connectivity index (χ2v) is 7.20. The Morgan fingerprint density at radius 3 is 2.41 bits per heavy atom. The summed E-state index contributed by atoms with van der Waals surface area (Å²) in [6.45, 7) is 2.06. The van der Waals surface area contributed by atoms with Crippen molar-refractivity contribution in [3.8, 4) is 11.5 Å². The number of hydrogen-bond donors (Lipinski definition) is 0. The number of hydrogen-bond acceptors (Lipinski definition) is 3. The molecule has 1 aromatic heterocycles. The normalized spacial score (nSPS) is 12.5. The van der Waals surface area contributed by atoms with Crippen LogP contribution in [0.1, 0.15) is 11.1 Å². The molecular weight excluding hydrogens is 380 g/mol. The van der Waals surface area contributed by atoms with Crippen molar-refractivity contribution in [2.45, 2.75) is 12.8 Å². The minimum absolute atomic E-state index is 0. The summed E-state index contributed by atoms with van der Waals surface area (Å²) < 4.78 is 6.06. The number of rotatable bonds is 5. The van der Waals surface area contributed by atoms with Crippen molar-refractivity contribution >= 4 is 29.0 Å². The van der Waals surface area contributed by atoms with Crippen molar-refractivity contribution in [2.24, 2.45) is 0 Å². The minimum atomic E-state index is 0. The van der Waals surface area contributed by atoms with Crippen molar-refractivity contribution in [1.29, 1.82) is 0 Å². The van der Waals surface area contributed by atoms with E-state index in [0.717, 1.165) is 42.9 Å². The number of halogens is 1. The van der Waals surface area contributed by atoms with Crippen LogP contribution in [0, 0.1) is 0 Å². The third-order valence-electron chi connectivity index (χ3n) is 5.35. The zero-order valence-electron chi connectivity index (χ0n) is 16.1. The van der Waals surface area contributed by atoms with Crippen LogP contribution in [0.5, 0.6) is 11.5 Å². The van der Waals surface area contributed by atoms with E-state index in [9.17, 15) is 0 Å². The van der Waals surface area contributed by atoms with E-state index < -0.39 is 0 Å². The second kappa shape index (κ2) is 8.54. The highest BCUT2D eigenvalue weighted by atomic mass is 35.5. The maximum atomic E-state index is 6.06. The molecule has 1 aliphatic rings. The number of anilines is 1. The van der Waals surface area contributed by atoms with Crippen LogP contribution in [0.4, 0.5) is 5.69 Å². The van der Waals surface area contributed by atoms with E-state index in [1.54, 1.807) is 0 Å². The van der Waals surface area contributed by atoms with Gasteiger partial charge in [-0.05, 0) is 54.3 Å². The molecule has 0 N–H and O–H groups in total. The van der Waals surface area contributed by atoms with Gasteiger partial charge in [0.05, 0.1) is 11.2 Å². The van der Waals surface area contributed by atoms with Gasteiger partial charge in [0.15, 0.2) is 0 Å². The van der Waals surface area contributed by atoms with Gasteiger partial charge in [0, 0.05) is 24.7 Å². The number of nitrogens with zero attached hydrogens (tertiary/aromatic N) is 2. The molecule has 4 heteroatoms. The number of benzene rings is 3. The van der Waals surface area contributed by atoms with Crippen molar-refractivity contribution in [1.82, 2.24) is 4.98 Å². The molecule has 4 aromatic rings. The molecular formula is C25H23ClN2O. The number of para-hydroxylation sites is 1. The average molecular weight is 403 g/mol. The molecule has 0 amide bonds. The summed E-state index contributed by atoms with van der Waals surface area (Å²) in [6, 6.07) is 26.8. The van der Waals surface area contributed by atoms with Gasteiger partial charge in [-0.2, -0.15) is 0 Å². The van der Waals surface area contributed by atoms with Crippen LogP contribution in [0.25, 0.3) is 10.9 Å². The Bertz CT molecular complexity index is 1100. The van der Waals surface area contributed by atoms with E-state index in [2.05, 4.69) is 52.3 Å². The zero-order valence-corrected chi connectivity index (χ0v) is 16.9. The maximum Gasteiger partial charge on any atom is 0.128 e. The molecule has 0 bridgehead atoms. The monoisotopic (exact) mass is 402 g/mol. The highest BCUT2D eigenvalue weighted by molar-refractivity contribution is 5.95. The van der Waals surface area contributed by atoms with E-state index in [1.165, 1.54) is 22.2 Å². The fourth-order valence-electron chi connectivity index (χ4n) is 3.94. The first kappa shape index (κ1) is 19.3. The lowest BCUT2D eigenvalue weighted by molar-refractivity contribution is 0.483. The Labute approximate surface area is 177 Å². The molecule has 0 radical (unpaired) electrons. The molecule has 0 unspecified atom stereocenters. The van der Waals surface area contributed by atoms with Gasteiger partial charge in [-0.3, -0.25) is 4.98 Å². The SMILES string of the molecule is Cl.c1ccc(CCN2CCc3cnc4ccc(Oc5ccccc5)cc4c32)cc1. The lowest BCUT2D eigenvalue weighted by Gasteiger charge is -2.21. The molecule has 0 spiro atoms. The largest absolute Gasteiger partial charge is 0.457 e. The zero-order chi connectivity index (χ0) is 18.8. The summed E-state index contributed by atoms with van der Waals surface area (Å²) in [6.07, 6.45) is 4.14. The van der Waals surface area contributed by atoms with E-state index in [-0.39, 0.29) is 12.4 Å². The van der Waals surface area contributed by atoms with Crippen LogP contribution < -0.4 is 9.64 Å². The summed E-state index contributed by atoms with van der Waals surface area (Å²) in [5, 5.41) is 1.18. The Morgan fingerprint density at radius 1 is 0.862 bits per heavy atom. The van der Waals surface area contributed by atoms with Gasteiger partial charge in [0.1, 0.15) is 11.5 Å². The Hall–Kier alpha value is -3.04. The summed E-state index contributed by atoms with van der Waals surface area (Å²) in [4.78, 5) is 7.17. The number of fused-ring (bicyclic) bond motifs is 3. The molecule has 1 aliphatic heterocycles. The fraction of sp³-hybridized carbons (Fsp3) is 0.160. The second-order valence-electron chi connectivity index (χ2n) is 7.20. The van der Waals surface area contributed by atoms with Crippen molar-refractivity contribution in [3.63, 3.8) is 0 Å². The van der Waals surface area contributed by atoms with Crippen LogP contribution in [0.15, 0.2) is 85.1 Å². The Kier molecular flexibility index (Phi) is 5.68. The summed E-state index contributed by atoms with van der Waals surface area (Å²) in [7, 11) is 0. The third kappa shape index (κ3) is 4.06. The van der Waals surface area contributed by atoms with Crippen LogP contribution >= 0.6 is 12.4 Å². The van der Waals surface area contributed by atoms with Gasteiger partial charge in [0.25, 0.3) is 0 Å². The van der Waals surface area contributed by atoms with E-state index in [4.69, 9.17) is 4.74 Å². The molecule has 5 rings (SSSR count). The number of pyridine rings is 1. The van der Waals surface area contributed by atoms with Gasteiger partial charge in [-0.15, -0.1) is 12.4 Å². The highest BCUT2D eigenvalue weighted by Crippen LogP contribution is 2.37. The number of ether oxygens (including phenoxy) is 1. The van der Waals surface area contributed by atoms with E-state index in [0.29, 0.717) is 0 Å². The molecule has 29 heavy (non-hydrogen) atoms. The van der Waals surface area contributed by atoms with Gasteiger partial charge in [-0.25, -0.2) is 0 Å². The van der Waals surface area contributed by atoms with Crippen LogP contribution in [0.2, 0.25) is 0 Å². The molecule has 0 atom stereocenters. The average Bonchev–Trinajstić information content (AvgIpc) is 3.17. The predicted molar refractivity (Wildman–Crippen MR) is 122 cm³/mol. The maximum absolute atomic E-state index is 6.06. The lowest BCUT2D eigenvalue weighted by atomic mass is 10.1. The first-order chi connectivity index (χ1) is 13.9. The van der Waals surface area contributed by atoms with Crippen molar-refractivity contribution in [3.05, 3.63) is 96.2 Å². The molecule has 3 aromatic carbocycles. The minimum Gasteiger partial charge on any atom is -0.457 e. The third-order valence-corrected chi connectivity index (χ3v) is 5.35. The van der Waals surface area contributed by atoms with Gasteiger partial charge >= 0.3 is 0 Å². The molecule has 3 nitrogen and oxygen atoms in total. The van der Waals surface area contributed by atoms with Crippen LogP contribution in [0.3, 0.4) is 0 Å². The van der Waals surface area contributed by atoms with Crippen molar-refractivity contribution in [2.75, 3.05) is 18.0 Å².